The Labute approximate surface area is 146 Å². The maximum Gasteiger partial charge on any atom is 0.435 e. The summed E-state index contributed by atoms with van der Waals surface area (Å²) in [7, 11) is 0. The first-order valence-electron chi connectivity index (χ1n) is 7.68. The first-order valence-corrected chi connectivity index (χ1v) is 7.68. The van der Waals surface area contributed by atoms with Crippen LogP contribution < -0.4 is 15.8 Å². The Morgan fingerprint density at radius 1 is 1.27 bits per heavy atom. The predicted molar refractivity (Wildman–Crippen MR) is 85.7 cm³/mol. The summed E-state index contributed by atoms with van der Waals surface area (Å²) >= 11 is 0. The molecule has 0 saturated heterocycles. The summed E-state index contributed by atoms with van der Waals surface area (Å²) in [5, 5.41) is 5.88. The highest BCUT2D eigenvalue weighted by molar-refractivity contribution is 5.94. The number of amides is 2. The molecule has 0 spiro atoms. The molecule has 0 fully saturated rings. The molecule has 26 heavy (non-hydrogen) atoms. The van der Waals surface area contributed by atoms with Gasteiger partial charge in [0.15, 0.2) is 5.69 Å². The number of nitrogens with one attached hydrogen (secondary N) is 1. The molecular formula is C16H17F3N4O3. The van der Waals surface area contributed by atoms with E-state index in [0.717, 1.165) is 10.9 Å². The number of hydrogen-bond donors (Lipinski definition) is 2. The molecule has 7 nitrogen and oxygen atoms in total. The number of carbonyl (C=O) groups is 2. The van der Waals surface area contributed by atoms with Crippen molar-refractivity contribution in [2.24, 2.45) is 5.73 Å². The molecule has 0 saturated carbocycles. The molecule has 0 unspecified atom stereocenters. The number of alkyl halides is 3. The fourth-order valence-electron chi connectivity index (χ4n) is 2.18. The highest BCUT2D eigenvalue weighted by atomic mass is 19.4. The Kier molecular flexibility index (Phi) is 5.86. The monoisotopic (exact) mass is 370 g/mol. The second kappa shape index (κ2) is 7.89. The number of rotatable bonds is 7. The van der Waals surface area contributed by atoms with Gasteiger partial charge in [0.2, 0.25) is 0 Å². The molecule has 2 rings (SSSR count). The van der Waals surface area contributed by atoms with Gasteiger partial charge in [-0.3, -0.25) is 14.3 Å². The number of benzene rings is 1. The van der Waals surface area contributed by atoms with Crippen LogP contribution in [0.15, 0.2) is 30.5 Å². The van der Waals surface area contributed by atoms with Gasteiger partial charge in [-0.25, -0.2) is 0 Å². The zero-order valence-electron chi connectivity index (χ0n) is 13.8. The van der Waals surface area contributed by atoms with Crippen molar-refractivity contribution < 1.29 is 27.5 Å². The normalized spacial score (nSPS) is 11.2. The summed E-state index contributed by atoms with van der Waals surface area (Å²) in [6, 6.07) is 6.42. The molecule has 0 aliphatic carbocycles. The van der Waals surface area contributed by atoms with E-state index in [2.05, 4.69) is 10.4 Å². The van der Waals surface area contributed by atoms with Crippen molar-refractivity contribution in [1.29, 1.82) is 0 Å². The summed E-state index contributed by atoms with van der Waals surface area (Å²) in [6.07, 6.45) is -3.88. The average molecular weight is 370 g/mol. The molecular weight excluding hydrogens is 353 g/mol. The molecule has 0 radical (unpaired) electrons. The predicted octanol–water partition coefficient (Wildman–Crippen LogP) is 1.83. The number of aromatic nitrogens is 2. The van der Waals surface area contributed by atoms with Crippen molar-refractivity contribution in [3.63, 3.8) is 0 Å². The highest BCUT2D eigenvalue weighted by Gasteiger charge is 2.38. The molecule has 1 heterocycles. The van der Waals surface area contributed by atoms with E-state index in [1.165, 1.54) is 0 Å². The number of hydrogen-bond acceptors (Lipinski definition) is 4. The van der Waals surface area contributed by atoms with Crippen LogP contribution in [0.1, 0.15) is 33.3 Å². The first-order chi connectivity index (χ1) is 12.2. The molecule has 0 bridgehead atoms. The summed E-state index contributed by atoms with van der Waals surface area (Å²) in [4.78, 5) is 23.1. The number of nitrogens with zero attached hydrogens (tertiary/aromatic N) is 2. The van der Waals surface area contributed by atoms with E-state index in [1.54, 1.807) is 24.3 Å². The van der Waals surface area contributed by atoms with Crippen LogP contribution in [-0.4, -0.2) is 34.7 Å². The summed E-state index contributed by atoms with van der Waals surface area (Å²) < 4.78 is 44.6. The topological polar surface area (TPSA) is 99.2 Å². The third kappa shape index (κ3) is 4.74. The quantitative estimate of drug-likeness (QED) is 0.777. The van der Waals surface area contributed by atoms with Gasteiger partial charge in [-0.2, -0.15) is 18.3 Å². The van der Waals surface area contributed by atoms with Crippen molar-refractivity contribution in [2.45, 2.75) is 19.6 Å². The van der Waals surface area contributed by atoms with E-state index in [4.69, 9.17) is 10.5 Å². The molecule has 0 aliphatic heterocycles. The van der Waals surface area contributed by atoms with E-state index < -0.39 is 29.2 Å². The van der Waals surface area contributed by atoms with E-state index in [1.807, 2.05) is 6.92 Å². The standard InChI is InChI=1S/C16H17F3N4O3/c1-2-26-11-5-3-10(4-6-11)15(25)21-7-8-23-9-12(14(20)24)13(22-23)16(17,18)19/h3-6,9H,2,7-8H2,1H3,(H2,20,24)(H,21,25). The number of halogens is 3. The number of primary amides is 1. The zero-order valence-corrected chi connectivity index (χ0v) is 13.8. The van der Waals surface area contributed by atoms with Crippen molar-refractivity contribution in [1.82, 2.24) is 15.1 Å². The second-order valence-corrected chi connectivity index (χ2v) is 5.23. The van der Waals surface area contributed by atoms with Crippen LogP contribution in [0.5, 0.6) is 5.75 Å². The number of ether oxygens (including phenoxy) is 1. The van der Waals surface area contributed by atoms with Gasteiger partial charge >= 0.3 is 6.18 Å². The van der Waals surface area contributed by atoms with Gasteiger partial charge in [0.1, 0.15) is 5.75 Å². The molecule has 1 aromatic heterocycles. The fourth-order valence-corrected chi connectivity index (χ4v) is 2.18. The molecule has 0 aliphatic rings. The Morgan fingerprint density at radius 3 is 2.42 bits per heavy atom. The fraction of sp³-hybridized carbons (Fsp3) is 0.312. The minimum Gasteiger partial charge on any atom is -0.494 e. The number of nitrogens with two attached hydrogens (primary N) is 1. The van der Waals surface area contributed by atoms with E-state index in [9.17, 15) is 22.8 Å². The molecule has 3 N–H and O–H groups in total. The molecule has 2 amide bonds. The largest absolute Gasteiger partial charge is 0.494 e. The minimum absolute atomic E-state index is 0.0171. The van der Waals surface area contributed by atoms with Crippen molar-refractivity contribution in [3.05, 3.63) is 47.3 Å². The van der Waals surface area contributed by atoms with E-state index in [0.29, 0.717) is 17.9 Å². The molecule has 1 aromatic carbocycles. The van der Waals surface area contributed by atoms with Crippen LogP contribution in [0.25, 0.3) is 0 Å². The molecule has 2 aromatic rings. The van der Waals surface area contributed by atoms with E-state index in [-0.39, 0.29) is 13.1 Å². The average Bonchev–Trinajstić information content (AvgIpc) is 3.00. The van der Waals surface area contributed by atoms with Gasteiger partial charge in [0.25, 0.3) is 11.8 Å². The smallest absolute Gasteiger partial charge is 0.435 e. The number of carbonyl (C=O) groups excluding carboxylic acids is 2. The maximum absolute atomic E-state index is 12.8. The Balaban J connectivity index is 1.97. The third-order valence-electron chi connectivity index (χ3n) is 3.35. The Hall–Kier alpha value is -3.04. The SMILES string of the molecule is CCOc1ccc(C(=O)NCCn2cc(C(N)=O)c(C(F)(F)F)n2)cc1. The van der Waals surface area contributed by atoms with Crippen LogP contribution in [-0.2, 0) is 12.7 Å². The molecule has 0 atom stereocenters. The molecule has 10 heteroatoms. The van der Waals surface area contributed by atoms with Gasteiger partial charge in [0, 0.05) is 18.3 Å². The Morgan fingerprint density at radius 2 is 1.92 bits per heavy atom. The van der Waals surface area contributed by atoms with E-state index >= 15 is 0 Å². The van der Waals surface area contributed by atoms with Crippen LogP contribution in [0.4, 0.5) is 13.2 Å². The lowest BCUT2D eigenvalue weighted by molar-refractivity contribution is -0.141. The second-order valence-electron chi connectivity index (χ2n) is 5.23. The van der Waals surface area contributed by atoms with Crippen molar-refractivity contribution >= 4 is 11.8 Å². The van der Waals surface area contributed by atoms with Crippen molar-refractivity contribution in [2.75, 3.05) is 13.2 Å². The van der Waals surface area contributed by atoms with Gasteiger partial charge in [-0.15, -0.1) is 0 Å². The van der Waals surface area contributed by atoms with Crippen LogP contribution >= 0.6 is 0 Å². The molecule has 140 valence electrons. The third-order valence-corrected chi connectivity index (χ3v) is 3.35. The maximum atomic E-state index is 12.8. The van der Waals surface area contributed by atoms with Gasteiger partial charge in [-0.05, 0) is 31.2 Å². The van der Waals surface area contributed by atoms with Gasteiger partial charge in [0.05, 0.1) is 18.7 Å². The first kappa shape index (κ1) is 19.3. The van der Waals surface area contributed by atoms with Crippen LogP contribution in [0, 0.1) is 0 Å². The highest BCUT2D eigenvalue weighted by Crippen LogP contribution is 2.30. The zero-order chi connectivity index (χ0) is 19.3. The van der Waals surface area contributed by atoms with Crippen molar-refractivity contribution in [3.8, 4) is 5.75 Å². The summed E-state index contributed by atoms with van der Waals surface area (Å²) in [6.45, 7) is 2.30. The van der Waals surface area contributed by atoms with Gasteiger partial charge in [-0.1, -0.05) is 0 Å². The lowest BCUT2D eigenvalue weighted by Gasteiger charge is -2.07. The lowest BCUT2D eigenvalue weighted by Crippen LogP contribution is -2.27. The van der Waals surface area contributed by atoms with Gasteiger partial charge < -0.3 is 15.8 Å². The lowest BCUT2D eigenvalue weighted by atomic mass is 10.2. The minimum atomic E-state index is -4.79. The summed E-state index contributed by atoms with van der Waals surface area (Å²) in [5.41, 5.74) is 3.26. The van der Waals surface area contributed by atoms with Crippen LogP contribution in [0.2, 0.25) is 0 Å². The summed E-state index contributed by atoms with van der Waals surface area (Å²) in [5.74, 6) is -0.993. The van der Waals surface area contributed by atoms with Crippen LogP contribution in [0.3, 0.4) is 0 Å². The Bertz CT molecular complexity index is 785.